The highest BCUT2D eigenvalue weighted by Gasteiger charge is 2.43. The summed E-state index contributed by atoms with van der Waals surface area (Å²) in [4.78, 5) is 16.6. The van der Waals surface area contributed by atoms with Crippen LogP contribution in [0.15, 0.2) is 59.1 Å². The molecule has 0 bridgehead atoms. The van der Waals surface area contributed by atoms with E-state index in [1.165, 1.54) is 0 Å². The summed E-state index contributed by atoms with van der Waals surface area (Å²) in [7, 11) is 0. The van der Waals surface area contributed by atoms with E-state index in [0.717, 1.165) is 36.8 Å². The third-order valence-corrected chi connectivity index (χ3v) is 5.90. The van der Waals surface area contributed by atoms with E-state index in [1.807, 2.05) is 37.3 Å². The summed E-state index contributed by atoms with van der Waals surface area (Å²) in [5.41, 5.74) is 1.59. The first-order valence-electron chi connectivity index (χ1n) is 10.2. The molecule has 3 aromatic rings. The van der Waals surface area contributed by atoms with E-state index in [-0.39, 0.29) is 17.6 Å². The summed E-state index contributed by atoms with van der Waals surface area (Å²) in [5, 5.41) is 7.71. The smallest absolute Gasteiger partial charge is 0.407 e. The van der Waals surface area contributed by atoms with Crippen LogP contribution in [0.3, 0.4) is 0 Å². The lowest BCUT2D eigenvalue weighted by atomic mass is 9.68. The van der Waals surface area contributed by atoms with Crippen molar-refractivity contribution in [2.24, 2.45) is 0 Å². The lowest BCUT2D eigenvalue weighted by Gasteiger charge is -2.38. The molecule has 156 valence electrons. The highest BCUT2D eigenvalue weighted by molar-refractivity contribution is 6.30. The molecule has 0 aliphatic heterocycles. The molecule has 1 heterocycles. The molecule has 1 aliphatic carbocycles. The van der Waals surface area contributed by atoms with Crippen LogP contribution in [0.1, 0.15) is 44.0 Å². The van der Waals surface area contributed by atoms with Gasteiger partial charge in [0, 0.05) is 17.1 Å². The van der Waals surface area contributed by atoms with Crippen LogP contribution in [-0.4, -0.2) is 28.9 Å². The maximum Gasteiger partial charge on any atom is 0.407 e. The number of hydrogen-bond acceptors (Lipinski definition) is 5. The fraction of sp³-hybridized carbons (Fsp3) is 0.348. The van der Waals surface area contributed by atoms with Crippen molar-refractivity contribution >= 4 is 17.7 Å². The summed E-state index contributed by atoms with van der Waals surface area (Å²) in [6, 6.07) is 17.6. The Kier molecular flexibility index (Phi) is 6.04. The number of carbonyl (C=O) groups excluding carboxylic acids is 1. The quantitative estimate of drug-likeness (QED) is 0.595. The van der Waals surface area contributed by atoms with Gasteiger partial charge in [0.25, 0.3) is 5.89 Å². The highest BCUT2D eigenvalue weighted by atomic mass is 35.5. The molecule has 7 heteroatoms. The number of benzene rings is 2. The van der Waals surface area contributed by atoms with E-state index < -0.39 is 0 Å². The van der Waals surface area contributed by atoms with Gasteiger partial charge in [0.15, 0.2) is 5.82 Å². The molecule has 1 aromatic heterocycles. The Balaban J connectivity index is 1.61. The molecule has 1 amide bonds. The van der Waals surface area contributed by atoms with Crippen molar-refractivity contribution in [3.05, 3.63) is 71.0 Å². The van der Waals surface area contributed by atoms with Gasteiger partial charge in [-0.2, -0.15) is 4.98 Å². The molecule has 0 saturated heterocycles. The number of carbonyl (C=O) groups is 1. The van der Waals surface area contributed by atoms with Crippen molar-refractivity contribution in [3.63, 3.8) is 0 Å². The van der Waals surface area contributed by atoms with Gasteiger partial charge in [-0.1, -0.05) is 47.1 Å². The Bertz CT molecular complexity index is 980. The number of ether oxygens (including phenoxy) is 1. The minimum absolute atomic E-state index is 0.115. The largest absolute Gasteiger partial charge is 0.446 e. The number of nitrogens with zero attached hydrogens (tertiary/aromatic N) is 2. The predicted molar refractivity (Wildman–Crippen MR) is 114 cm³/mol. The molecule has 2 aromatic carbocycles. The van der Waals surface area contributed by atoms with Crippen LogP contribution in [0.25, 0.3) is 11.5 Å². The molecule has 0 atom stereocenters. The number of hydrogen-bond donors (Lipinski definition) is 1. The molecule has 30 heavy (non-hydrogen) atoms. The van der Waals surface area contributed by atoms with Crippen molar-refractivity contribution < 1.29 is 14.1 Å². The first kappa shape index (κ1) is 20.4. The second kappa shape index (κ2) is 8.88. The molecule has 1 N–H and O–H groups in total. The zero-order chi connectivity index (χ0) is 21.0. The van der Waals surface area contributed by atoms with Gasteiger partial charge in [0.1, 0.15) is 6.10 Å². The van der Waals surface area contributed by atoms with Crippen LogP contribution < -0.4 is 5.32 Å². The summed E-state index contributed by atoms with van der Waals surface area (Å²) in [6.45, 7) is 2.42. The van der Waals surface area contributed by atoms with Crippen LogP contribution in [0.2, 0.25) is 5.02 Å². The Morgan fingerprint density at radius 1 is 1.17 bits per heavy atom. The number of amides is 1. The van der Waals surface area contributed by atoms with Gasteiger partial charge < -0.3 is 14.6 Å². The highest BCUT2D eigenvalue weighted by Crippen LogP contribution is 2.44. The van der Waals surface area contributed by atoms with E-state index >= 15 is 0 Å². The molecule has 4 rings (SSSR count). The van der Waals surface area contributed by atoms with Crippen molar-refractivity contribution in [1.29, 1.82) is 0 Å². The third kappa shape index (κ3) is 4.19. The predicted octanol–water partition coefficient (Wildman–Crippen LogP) is 5.36. The topological polar surface area (TPSA) is 77.2 Å². The second-order valence-electron chi connectivity index (χ2n) is 7.51. The zero-order valence-corrected chi connectivity index (χ0v) is 17.6. The molecule has 0 unspecified atom stereocenters. The fourth-order valence-electron chi connectivity index (χ4n) is 4.07. The molecule has 0 radical (unpaired) electrons. The summed E-state index contributed by atoms with van der Waals surface area (Å²) in [6.07, 6.45) is 2.52. The van der Waals surface area contributed by atoms with Crippen molar-refractivity contribution in [2.75, 3.05) is 6.54 Å². The average Bonchev–Trinajstić information content (AvgIpc) is 3.26. The Labute approximate surface area is 180 Å². The molecular formula is C23H24ClN3O3. The summed E-state index contributed by atoms with van der Waals surface area (Å²) >= 11 is 5.99. The number of nitrogens with one attached hydrogen (secondary N) is 1. The van der Waals surface area contributed by atoms with Crippen LogP contribution in [-0.2, 0) is 10.2 Å². The molecule has 1 aliphatic rings. The van der Waals surface area contributed by atoms with Gasteiger partial charge in [-0.05, 0) is 62.4 Å². The van der Waals surface area contributed by atoms with Gasteiger partial charge >= 0.3 is 6.09 Å². The van der Waals surface area contributed by atoms with Crippen LogP contribution >= 0.6 is 11.6 Å². The number of halogens is 1. The van der Waals surface area contributed by atoms with Crippen LogP contribution in [0.5, 0.6) is 0 Å². The van der Waals surface area contributed by atoms with E-state index in [9.17, 15) is 4.79 Å². The van der Waals surface area contributed by atoms with Gasteiger partial charge in [0.05, 0.1) is 5.41 Å². The number of aromatic nitrogens is 2. The summed E-state index contributed by atoms with van der Waals surface area (Å²) < 4.78 is 11.2. The molecular weight excluding hydrogens is 402 g/mol. The van der Waals surface area contributed by atoms with E-state index in [0.29, 0.717) is 23.3 Å². The monoisotopic (exact) mass is 425 g/mol. The van der Waals surface area contributed by atoms with E-state index in [2.05, 4.69) is 22.6 Å². The lowest BCUT2D eigenvalue weighted by molar-refractivity contribution is 0.0618. The zero-order valence-electron chi connectivity index (χ0n) is 16.8. The lowest BCUT2D eigenvalue weighted by Crippen LogP contribution is -2.38. The molecule has 6 nitrogen and oxygen atoms in total. The Morgan fingerprint density at radius 2 is 1.87 bits per heavy atom. The minimum Gasteiger partial charge on any atom is -0.446 e. The molecule has 1 fully saturated rings. The van der Waals surface area contributed by atoms with E-state index in [1.54, 1.807) is 12.1 Å². The number of rotatable bonds is 5. The van der Waals surface area contributed by atoms with Gasteiger partial charge in [-0.3, -0.25) is 0 Å². The van der Waals surface area contributed by atoms with Crippen molar-refractivity contribution in [1.82, 2.24) is 15.5 Å². The molecule has 1 saturated carbocycles. The Hall–Kier alpha value is -2.86. The number of alkyl carbamates (subject to hydrolysis) is 1. The Morgan fingerprint density at radius 3 is 2.53 bits per heavy atom. The third-order valence-electron chi connectivity index (χ3n) is 5.65. The fourth-order valence-corrected chi connectivity index (χ4v) is 4.19. The van der Waals surface area contributed by atoms with Crippen molar-refractivity contribution in [2.45, 2.75) is 44.1 Å². The maximum atomic E-state index is 11.8. The normalized spacial score (nSPS) is 21.2. The van der Waals surface area contributed by atoms with Gasteiger partial charge in [-0.15, -0.1) is 0 Å². The first-order chi connectivity index (χ1) is 14.6. The summed E-state index contributed by atoms with van der Waals surface area (Å²) in [5.74, 6) is 1.13. The van der Waals surface area contributed by atoms with E-state index in [4.69, 9.17) is 25.8 Å². The van der Waals surface area contributed by atoms with Crippen LogP contribution in [0, 0.1) is 0 Å². The van der Waals surface area contributed by atoms with Gasteiger partial charge in [-0.25, -0.2) is 4.79 Å². The molecule has 0 spiro atoms. The SMILES string of the molecule is CCNC(=O)OC1CCC(c2ccccc2)(c2noc(-c3ccc(Cl)cc3)n2)CC1. The first-order valence-corrected chi connectivity index (χ1v) is 10.6. The average molecular weight is 426 g/mol. The van der Waals surface area contributed by atoms with Crippen LogP contribution in [0.4, 0.5) is 4.79 Å². The maximum absolute atomic E-state index is 11.8. The standard InChI is InChI=1S/C23H24ClN3O3/c1-2-25-22(28)29-19-12-14-23(15-13-19,17-6-4-3-5-7-17)21-26-20(30-27-21)16-8-10-18(24)11-9-16/h3-11,19H,2,12-15H2,1H3,(H,25,28). The van der Waals surface area contributed by atoms with Crippen molar-refractivity contribution in [3.8, 4) is 11.5 Å². The van der Waals surface area contributed by atoms with Gasteiger partial charge in [0.2, 0.25) is 0 Å². The second-order valence-corrected chi connectivity index (χ2v) is 7.95. The minimum atomic E-state index is -0.378.